The topological polar surface area (TPSA) is 58.1 Å². The average molecular weight is 507 g/mol. The Kier molecular flexibility index (Phi) is 7.63. The van der Waals surface area contributed by atoms with Crippen LogP contribution >= 0.6 is 23.4 Å². The standard InChI is InChI=1S/C24H22ClF3N4OS/c25-20-13-21(32-9-1-2-10-32)31-23(30-20)34-15-17-6-3-7-18(11-17)22(33)29-14-16-5-4-8-19(12-16)24(26,27)28/h3-8,11-13H,1-2,9-10,14-15H2,(H,29,33). The highest BCUT2D eigenvalue weighted by Crippen LogP contribution is 2.30. The average Bonchev–Trinajstić information content (AvgIpc) is 3.36. The van der Waals surface area contributed by atoms with Crippen molar-refractivity contribution in [2.75, 3.05) is 18.0 Å². The number of hydrogen-bond acceptors (Lipinski definition) is 5. The Hall–Kier alpha value is -2.78. The molecule has 10 heteroatoms. The first-order valence-corrected chi connectivity index (χ1v) is 12.1. The van der Waals surface area contributed by atoms with Gasteiger partial charge in [0.15, 0.2) is 5.16 Å². The van der Waals surface area contributed by atoms with E-state index in [0.29, 0.717) is 27.2 Å². The fourth-order valence-electron chi connectivity index (χ4n) is 3.65. The number of aromatic nitrogens is 2. The molecule has 0 radical (unpaired) electrons. The van der Waals surface area contributed by atoms with Gasteiger partial charge in [-0.3, -0.25) is 4.79 Å². The summed E-state index contributed by atoms with van der Waals surface area (Å²) in [5.74, 6) is 0.997. The van der Waals surface area contributed by atoms with Crippen LogP contribution in [-0.2, 0) is 18.5 Å². The number of hydrogen-bond donors (Lipinski definition) is 1. The Bertz CT molecular complexity index is 1170. The van der Waals surface area contributed by atoms with Crippen molar-refractivity contribution in [3.63, 3.8) is 0 Å². The minimum atomic E-state index is -4.42. The zero-order valence-corrected chi connectivity index (χ0v) is 19.7. The maximum Gasteiger partial charge on any atom is 0.416 e. The van der Waals surface area contributed by atoms with Crippen LogP contribution in [0.3, 0.4) is 0 Å². The first-order valence-electron chi connectivity index (χ1n) is 10.7. The van der Waals surface area contributed by atoms with Crippen molar-refractivity contribution in [1.29, 1.82) is 0 Å². The summed E-state index contributed by atoms with van der Waals surface area (Å²) in [4.78, 5) is 23.7. The van der Waals surface area contributed by atoms with Crippen molar-refractivity contribution < 1.29 is 18.0 Å². The molecule has 4 rings (SSSR count). The van der Waals surface area contributed by atoms with Crippen molar-refractivity contribution in [3.05, 3.63) is 82.0 Å². The van der Waals surface area contributed by atoms with Gasteiger partial charge in [0.05, 0.1) is 5.56 Å². The van der Waals surface area contributed by atoms with E-state index in [4.69, 9.17) is 11.6 Å². The smallest absolute Gasteiger partial charge is 0.356 e. The van der Waals surface area contributed by atoms with Crippen LogP contribution in [0.4, 0.5) is 19.0 Å². The summed E-state index contributed by atoms with van der Waals surface area (Å²) < 4.78 is 38.7. The first-order chi connectivity index (χ1) is 16.3. The third-order valence-electron chi connectivity index (χ3n) is 5.36. The lowest BCUT2D eigenvalue weighted by molar-refractivity contribution is -0.137. The van der Waals surface area contributed by atoms with Crippen molar-refractivity contribution in [2.24, 2.45) is 0 Å². The van der Waals surface area contributed by atoms with Crippen LogP contribution in [0.5, 0.6) is 0 Å². The largest absolute Gasteiger partial charge is 0.416 e. The van der Waals surface area contributed by atoms with E-state index in [1.165, 1.54) is 17.8 Å². The lowest BCUT2D eigenvalue weighted by atomic mass is 10.1. The molecule has 0 atom stereocenters. The number of nitrogens with one attached hydrogen (secondary N) is 1. The van der Waals surface area contributed by atoms with Gasteiger partial charge in [0.2, 0.25) is 0 Å². The first kappa shape index (κ1) is 24.3. The number of halogens is 4. The number of anilines is 1. The SMILES string of the molecule is O=C(NCc1cccc(C(F)(F)F)c1)c1cccc(CSc2nc(Cl)cc(N3CCCC3)n2)c1. The summed E-state index contributed by atoms with van der Waals surface area (Å²) in [6.45, 7) is 1.90. The van der Waals surface area contributed by atoms with E-state index in [-0.39, 0.29) is 12.5 Å². The number of carbonyl (C=O) groups is 1. The van der Waals surface area contributed by atoms with Crippen LogP contribution in [0, 0.1) is 0 Å². The highest BCUT2D eigenvalue weighted by Gasteiger charge is 2.30. The lowest BCUT2D eigenvalue weighted by Gasteiger charge is -2.16. The van der Waals surface area contributed by atoms with E-state index in [1.54, 1.807) is 30.3 Å². The molecule has 2 heterocycles. The van der Waals surface area contributed by atoms with Gasteiger partial charge in [-0.05, 0) is 48.2 Å². The lowest BCUT2D eigenvalue weighted by Crippen LogP contribution is -2.23. The van der Waals surface area contributed by atoms with Crippen molar-refractivity contribution in [2.45, 2.75) is 36.5 Å². The minimum Gasteiger partial charge on any atom is -0.356 e. The zero-order valence-electron chi connectivity index (χ0n) is 18.1. The van der Waals surface area contributed by atoms with Gasteiger partial charge >= 0.3 is 6.18 Å². The number of carbonyl (C=O) groups excluding carboxylic acids is 1. The van der Waals surface area contributed by atoms with Crippen LogP contribution in [0.2, 0.25) is 5.15 Å². The summed E-state index contributed by atoms with van der Waals surface area (Å²) in [5.41, 5.74) is 0.953. The van der Waals surface area contributed by atoms with Crippen LogP contribution in [0.25, 0.3) is 0 Å². The van der Waals surface area contributed by atoms with Gasteiger partial charge in [-0.1, -0.05) is 47.6 Å². The van der Waals surface area contributed by atoms with Gasteiger partial charge in [-0.2, -0.15) is 13.2 Å². The molecule has 5 nitrogen and oxygen atoms in total. The van der Waals surface area contributed by atoms with E-state index in [2.05, 4.69) is 20.2 Å². The molecule has 2 aromatic carbocycles. The maximum atomic E-state index is 12.9. The molecule has 1 aromatic heterocycles. The third kappa shape index (κ3) is 6.42. The second-order valence-electron chi connectivity index (χ2n) is 7.90. The fraction of sp³-hybridized carbons (Fsp3) is 0.292. The number of alkyl halides is 3. The number of amides is 1. The van der Waals surface area contributed by atoms with Crippen LogP contribution in [-0.4, -0.2) is 29.0 Å². The number of benzene rings is 2. The Morgan fingerprint density at radius 1 is 1.03 bits per heavy atom. The van der Waals surface area contributed by atoms with E-state index in [0.717, 1.165) is 49.4 Å². The Morgan fingerprint density at radius 2 is 1.76 bits per heavy atom. The monoisotopic (exact) mass is 506 g/mol. The minimum absolute atomic E-state index is 0.00262. The fourth-order valence-corrected chi connectivity index (χ4v) is 4.67. The van der Waals surface area contributed by atoms with Gasteiger partial charge in [-0.25, -0.2) is 9.97 Å². The molecule has 1 aliphatic rings. The maximum absolute atomic E-state index is 12.9. The van der Waals surface area contributed by atoms with Crippen molar-refractivity contribution in [3.8, 4) is 0 Å². The molecule has 3 aromatic rings. The third-order valence-corrected chi connectivity index (χ3v) is 6.47. The number of nitrogens with zero attached hydrogens (tertiary/aromatic N) is 3. The van der Waals surface area contributed by atoms with E-state index in [1.807, 2.05) is 6.07 Å². The normalized spacial score (nSPS) is 13.8. The summed E-state index contributed by atoms with van der Waals surface area (Å²) >= 11 is 7.61. The Balaban J connectivity index is 1.37. The molecule has 1 N–H and O–H groups in total. The van der Waals surface area contributed by atoms with E-state index < -0.39 is 11.7 Å². The summed E-state index contributed by atoms with van der Waals surface area (Å²) in [5, 5.41) is 3.63. The molecule has 0 aliphatic carbocycles. The zero-order chi connectivity index (χ0) is 24.1. The summed E-state index contributed by atoms with van der Waals surface area (Å²) in [6.07, 6.45) is -2.16. The molecule has 1 saturated heterocycles. The van der Waals surface area contributed by atoms with Crippen molar-refractivity contribution >= 4 is 35.1 Å². The second kappa shape index (κ2) is 10.7. The van der Waals surface area contributed by atoms with Gasteiger partial charge in [-0.15, -0.1) is 0 Å². The van der Waals surface area contributed by atoms with E-state index in [9.17, 15) is 18.0 Å². The molecule has 0 spiro atoms. The summed E-state index contributed by atoms with van der Waals surface area (Å²) in [7, 11) is 0. The second-order valence-corrected chi connectivity index (χ2v) is 9.23. The van der Waals surface area contributed by atoms with E-state index >= 15 is 0 Å². The predicted molar refractivity (Wildman–Crippen MR) is 127 cm³/mol. The molecular formula is C24H22ClF3N4OS. The molecule has 1 fully saturated rings. The molecule has 0 unspecified atom stereocenters. The molecule has 34 heavy (non-hydrogen) atoms. The van der Waals surface area contributed by atoms with Gasteiger partial charge in [0, 0.05) is 37.0 Å². The predicted octanol–water partition coefficient (Wildman–Crippen LogP) is 5.97. The highest BCUT2D eigenvalue weighted by molar-refractivity contribution is 7.98. The number of rotatable bonds is 7. The van der Waals surface area contributed by atoms with Crippen molar-refractivity contribution in [1.82, 2.24) is 15.3 Å². The molecule has 1 aliphatic heterocycles. The van der Waals surface area contributed by atoms with Crippen LogP contribution in [0.15, 0.2) is 59.8 Å². The van der Waals surface area contributed by atoms with Gasteiger partial charge in [0.25, 0.3) is 5.91 Å². The molecule has 178 valence electrons. The Morgan fingerprint density at radius 3 is 2.53 bits per heavy atom. The Labute approximate surface area is 204 Å². The van der Waals surface area contributed by atoms with Crippen LogP contribution in [0.1, 0.15) is 39.9 Å². The molecular weight excluding hydrogens is 485 g/mol. The van der Waals surface area contributed by atoms with Gasteiger partial charge in [0.1, 0.15) is 11.0 Å². The van der Waals surface area contributed by atoms with Gasteiger partial charge < -0.3 is 10.2 Å². The highest BCUT2D eigenvalue weighted by atomic mass is 35.5. The summed E-state index contributed by atoms with van der Waals surface area (Å²) in [6, 6.07) is 13.8. The molecule has 0 bridgehead atoms. The van der Waals surface area contributed by atoms with Crippen LogP contribution < -0.4 is 10.2 Å². The molecule has 1 amide bonds. The number of thioether (sulfide) groups is 1. The molecule has 0 saturated carbocycles. The quantitative estimate of drug-likeness (QED) is 0.243.